The molecule has 2 heterocycles. The maximum atomic E-state index is 12.8. The van der Waals surface area contributed by atoms with Crippen molar-refractivity contribution in [2.45, 2.75) is 33.2 Å². The average molecular weight is 362 g/mol. The van der Waals surface area contributed by atoms with E-state index in [2.05, 4.69) is 17.3 Å². The third-order valence-electron chi connectivity index (χ3n) is 5.02. The van der Waals surface area contributed by atoms with Gasteiger partial charge >= 0.3 is 0 Å². The number of anilines is 2. The van der Waals surface area contributed by atoms with Crippen LogP contribution in [0.25, 0.3) is 10.8 Å². The Morgan fingerprint density at radius 1 is 1.15 bits per heavy atom. The summed E-state index contributed by atoms with van der Waals surface area (Å²) >= 11 is 0. The van der Waals surface area contributed by atoms with Crippen LogP contribution in [0.1, 0.15) is 47.5 Å². The molecule has 1 aliphatic rings. The largest absolute Gasteiger partial charge is 0.320 e. The zero-order valence-corrected chi connectivity index (χ0v) is 15.5. The van der Waals surface area contributed by atoms with E-state index in [1.54, 1.807) is 16.9 Å². The number of nitrogens with zero attached hydrogens (tertiary/aromatic N) is 3. The zero-order chi connectivity index (χ0) is 19.0. The van der Waals surface area contributed by atoms with Gasteiger partial charge in [0.2, 0.25) is 0 Å². The van der Waals surface area contributed by atoms with Crippen LogP contribution in [0.15, 0.2) is 42.6 Å². The molecular formula is C21H22N4O2. The number of benzene rings is 2. The summed E-state index contributed by atoms with van der Waals surface area (Å²) in [7, 11) is 0. The van der Waals surface area contributed by atoms with Crippen LogP contribution in [0.4, 0.5) is 11.4 Å². The van der Waals surface area contributed by atoms with Gasteiger partial charge in [0.1, 0.15) is 5.69 Å². The Morgan fingerprint density at radius 2 is 2.00 bits per heavy atom. The van der Waals surface area contributed by atoms with Gasteiger partial charge in [-0.3, -0.25) is 14.3 Å². The summed E-state index contributed by atoms with van der Waals surface area (Å²) in [4.78, 5) is 27.4. The van der Waals surface area contributed by atoms with Crippen molar-refractivity contribution in [3.05, 3.63) is 53.9 Å². The highest BCUT2D eigenvalue weighted by Gasteiger charge is 2.30. The Kier molecular flexibility index (Phi) is 4.39. The first-order chi connectivity index (χ1) is 13.2. The summed E-state index contributed by atoms with van der Waals surface area (Å²) in [6, 6.07) is 11.2. The van der Waals surface area contributed by atoms with Crippen molar-refractivity contribution in [3.63, 3.8) is 0 Å². The topological polar surface area (TPSA) is 67.2 Å². The normalized spacial score (nSPS) is 12.8. The fourth-order valence-electron chi connectivity index (χ4n) is 3.66. The number of carbonyl (C=O) groups excluding carboxylic acids is 2. The molecule has 0 spiro atoms. The second-order valence-electron chi connectivity index (χ2n) is 6.66. The molecule has 6 nitrogen and oxygen atoms in total. The summed E-state index contributed by atoms with van der Waals surface area (Å²) in [6.07, 6.45) is 3.61. The fraction of sp³-hybridized carbons (Fsp3) is 0.286. The van der Waals surface area contributed by atoms with Crippen molar-refractivity contribution in [1.29, 1.82) is 0 Å². The summed E-state index contributed by atoms with van der Waals surface area (Å²) in [5.41, 5.74) is 2.85. The highest BCUT2D eigenvalue weighted by Crippen LogP contribution is 2.40. The van der Waals surface area contributed by atoms with Crippen molar-refractivity contribution in [2.24, 2.45) is 0 Å². The fourth-order valence-corrected chi connectivity index (χ4v) is 3.66. The first kappa shape index (κ1) is 17.3. The average Bonchev–Trinajstić information content (AvgIpc) is 3.27. The number of amides is 2. The predicted molar refractivity (Wildman–Crippen MR) is 106 cm³/mol. The molecule has 2 amide bonds. The Morgan fingerprint density at radius 3 is 2.78 bits per heavy atom. The first-order valence-electron chi connectivity index (χ1n) is 9.36. The molecule has 0 unspecified atom stereocenters. The quantitative estimate of drug-likeness (QED) is 0.719. The maximum absolute atomic E-state index is 12.8. The number of aryl methyl sites for hydroxylation is 1. The third-order valence-corrected chi connectivity index (χ3v) is 5.02. The lowest BCUT2D eigenvalue weighted by Gasteiger charge is -2.17. The van der Waals surface area contributed by atoms with Gasteiger partial charge in [0.05, 0.1) is 5.69 Å². The molecule has 0 saturated carbocycles. The molecule has 0 bridgehead atoms. The van der Waals surface area contributed by atoms with Crippen LogP contribution >= 0.6 is 0 Å². The maximum Gasteiger partial charge on any atom is 0.273 e. The second-order valence-corrected chi connectivity index (χ2v) is 6.66. The Bertz CT molecular complexity index is 1040. The summed E-state index contributed by atoms with van der Waals surface area (Å²) in [5, 5.41) is 8.94. The second kappa shape index (κ2) is 6.87. The molecule has 0 saturated heterocycles. The van der Waals surface area contributed by atoms with E-state index in [9.17, 15) is 9.59 Å². The summed E-state index contributed by atoms with van der Waals surface area (Å²) in [5.74, 6) is -0.168. The highest BCUT2D eigenvalue weighted by atomic mass is 16.2. The van der Waals surface area contributed by atoms with E-state index in [1.165, 1.54) is 0 Å². The predicted octanol–water partition coefficient (Wildman–Crippen LogP) is 4.07. The number of nitrogens with one attached hydrogen (secondary N) is 1. The molecule has 1 aliphatic heterocycles. The van der Waals surface area contributed by atoms with Crippen molar-refractivity contribution in [3.8, 4) is 0 Å². The number of unbranched alkanes of at least 4 members (excludes halogenated alkanes) is 1. The molecular weight excluding hydrogens is 340 g/mol. The van der Waals surface area contributed by atoms with Gasteiger partial charge in [-0.1, -0.05) is 25.5 Å². The molecule has 6 heteroatoms. The minimum Gasteiger partial charge on any atom is -0.320 e. The van der Waals surface area contributed by atoms with Gasteiger partial charge in [0.15, 0.2) is 0 Å². The minimum atomic E-state index is -0.206. The van der Waals surface area contributed by atoms with Crippen LogP contribution in [0.3, 0.4) is 0 Å². The van der Waals surface area contributed by atoms with Gasteiger partial charge in [-0.15, -0.1) is 0 Å². The molecule has 1 aromatic heterocycles. The van der Waals surface area contributed by atoms with E-state index in [1.807, 2.05) is 42.2 Å². The van der Waals surface area contributed by atoms with Crippen molar-refractivity contribution in [2.75, 3.05) is 16.8 Å². The van der Waals surface area contributed by atoms with Crippen molar-refractivity contribution in [1.82, 2.24) is 9.78 Å². The highest BCUT2D eigenvalue weighted by molar-refractivity contribution is 6.27. The van der Waals surface area contributed by atoms with Crippen LogP contribution in [0.5, 0.6) is 0 Å². The van der Waals surface area contributed by atoms with Crippen molar-refractivity contribution >= 4 is 34.0 Å². The molecule has 27 heavy (non-hydrogen) atoms. The van der Waals surface area contributed by atoms with Gasteiger partial charge in [0.25, 0.3) is 11.8 Å². The van der Waals surface area contributed by atoms with E-state index in [0.29, 0.717) is 30.0 Å². The van der Waals surface area contributed by atoms with Crippen LogP contribution in [-0.2, 0) is 6.54 Å². The summed E-state index contributed by atoms with van der Waals surface area (Å²) in [6.45, 7) is 5.39. The molecule has 0 radical (unpaired) electrons. The lowest BCUT2D eigenvalue weighted by atomic mass is 10.0. The van der Waals surface area contributed by atoms with E-state index in [-0.39, 0.29) is 11.8 Å². The van der Waals surface area contributed by atoms with Crippen LogP contribution in [-0.4, -0.2) is 28.1 Å². The molecule has 1 N–H and O–H groups in total. The molecule has 4 rings (SSSR count). The van der Waals surface area contributed by atoms with E-state index >= 15 is 0 Å². The number of hydrogen-bond donors (Lipinski definition) is 1. The van der Waals surface area contributed by atoms with Gasteiger partial charge in [0, 0.05) is 41.3 Å². The molecule has 138 valence electrons. The van der Waals surface area contributed by atoms with E-state index in [4.69, 9.17) is 0 Å². The lowest BCUT2D eigenvalue weighted by molar-refractivity contribution is 0.0990. The van der Waals surface area contributed by atoms with Crippen LogP contribution < -0.4 is 10.2 Å². The molecule has 0 atom stereocenters. The van der Waals surface area contributed by atoms with Crippen LogP contribution in [0.2, 0.25) is 0 Å². The number of rotatable bonds is 6. The Hall–Kier alpha value is -3.15. The lowest BCUT2D eigenvalue weighted by Crippen LogP contribution is -2.27. The Balaban J connectivity index is 1.74. The smallest absolute Gasteiger partial charge is 0.273 e. The van der Waals surface area contributed by atoms with E-state index < -0.39 is 0 Å². The van der Waals surface area contributed by atoms with E-state index in [0.717, 1.165) is 29.3 Å². The van der Waals surface area contributed by atoms with Gasteiger partial charge in [-0.05, 0) is 37.6 Å². The van der Waals surface area contributed by atoms with Crippen LogP contribution in [0, 0.1) is 0 Å². The van der Waals surface area contributed by atoms with Gasteiger partial charge < -0.3 is 10.2 Å². The standard InChI is InChI=1S/C21H22N4O2/c1-3-5-13-24-17-10-9-16(14-7-6-8-15(19(14)17)21(24)27)23-20(26)18-11-12-22-25(18)4-2/h6-12H,3-5,13H2,1-2H3,(H,23,26). The number of hydrogen-bond acceptors (Lipinski definition) is 3. The van der Waals surface area contributed by atoms with Gasteiger partial charge in [-0.2, -0.15) is 5.10 Å². The zero-order valence-electron chi connectivity index (χ0n) is 15.5. The third kappa shape index (κ3) is 2.77. The van der Waals surface area contributed by atoms with Gasteiger partial charge in [-0.25, -0.2) is 0 Å². The Labute approximate surface area is 157 Å². The monoisotopic (exact) mass is 362 g/mol. The molecule has 2 aromatic carbocycles. The number of aromatic nitrogens is 2. The number of carbonyl (C=O) groups is 2. The summed E-state index contributed by atoms with van der Waals surface area (Å²) < 4.78 is 1.66. The SMILES string of the molecule is CCCCN1C(=O)c2cccc3c(NC(=O)c4ccnn4CC)ccc1c23. The first-order valence-corrected chi connectivity index (χ1v) is 9.36. The molecule has 3 aromatic rings. The van der Waals surface area contributed by atoms with Crippen molar-refractivity contribution < 1.29 is 9.59 Å². The molecule has 0 fully saturated rings. The minimum absolute atomic E-state index is 0.0385. The molecule has 0 aliphatic carbocycles.